The van der Waals surface area contributed by atoms with Crippen molar-refractivity contribution in [2.45, 2.75) is 32.9 Å². The van der Waals surface area contributed by atoms with E-state index in [1.807, 2.05) is 13.0 Å². The Morgan fingerprint density at radius 3 is 2.68 bits per heavy atom. The standard InChI is InChI=1S/C14H21Cl2NO2/c1-4-5-17-8-11-6-12(15)7-13(16)14(11)19-9-10(2)18-3/h6-7,10,17H,4-5,8-9H2,1-3H3. The van der Waals surface area contributed by atoms with Gasteiger partial charge in [-0.1, -0.05) is 30.1 Å². The monoisotopic (exact) mass is 305 g/mol. The van der Waals surface area contributed by atoms with Crippen molar-refractivity contribution in [2.75, 3.05) is 20.3 Å². The van der Waals surface area contributed by atoms with Crippen LogP contribution in [-0.2, 0) is 11.3 Å². The average Bonchev–Trinajstić information content (AvgIpc) is 2.37. The van der Waals surface area contributed by atoms with Crippen LogP contribution in [0, 0.1) is 0 Å². The molecule has 3 nitrogen and oxygen atoms in total. The molecule has 0 bridgehead atoms. The molecule has 0 saturated heterocycles. The summed E-state index contributed by atoms with van der Waals surface area (Å²) in [5.41, 5.74) is 0.967. The molecule has 19 heavy (non-hydrogen) atoms. The number of rotatable bonds is 8. The molecule has 0 aliphatic carbocycles. The van der Waals surface area contributed by atoms with Crippen LogP contribution < -0.4 is 10.1 Å². The average molecular weight is 306 g/mol. The lowest BCUT2D eigenvalue weighted by molar-refractivity contribution is 0.0713. The molecule has 1 rings (SSSR count). The van der Waals surface area contributed by atoms with Crippen molar-refractivity contribution in [3.8, 4) is 5.75 Å². The molecule has 1 aromatic carbocycles. The molecular formula is C14H21Cl2NO2. The van der Waals surface area contributed by atoms with Crippen molar-refractivity contribution in [3.05, 3.63) is 27.7 Å². The molecule has 0 aromatic heterocycles. The van der Waals surface area contributed by atoms with Gasteiger partial charge in [-0.15, -0.1) is 0 Å². The summed E-state index contributed by atoms with van der Waals surface area (Å²) in [5, 5.41) is 4.47. The third-order valence-electron chi connectivity index (χ3n) is 2.69. The quantitative estimate of drug-likeness (QED) is 0.739. The Hall–Kier alpha value is -0.480. The fourth-order valence-corrected chi connectivity index (χ4v) is 2.17. The summed E-state index contributed by atoms with van der Waals surface area (Å²) < 4.78 is 10.9. The summed E-state index contributed by atoms with van der Waals surface area (Å²) >= 11 is 12.2. The number of benzene rings is 1. The van der Waals surface area contributed by atoms with Gasteiger partial charge in [0.25, 0.3) is 0 Å². The Morgan fingerprint density at radius 2 is 2.05 bits per heavy atom. The molecule has 0 amide bonds. The maximum atomic E-state index is 6.20. The smallest absolute Gasteiger partial charge is 0.142 e. The predicted molar refractivity (Wildman–Crippen MR) is 80.4 cm³/mol. The Bertz CT molecular complexity index is 399. The van der Waals surface area contributed by atoms with Crippen LogP contribution in [0.2, 0.25) is 10.0 Å². The Morgan fingerprint density at radius 1 is 1.32 bits per heavy atom. The second-order valence-electron chi connectivity index (χ2n) is 4.41. The molecule has 0 aliphatic rings. The molecule has 1 atom stereocenters. The van der Waals surface area contributed by atoms with Crippen LogP contribution in [0.25, 0.3) is 0 Å². The second kappa shape index (κ2) is 8.64. The Balaban J connectivity index is 2.80. The topological polar surface area (TPSA) is 30.5 Å². The molecular weight excluding hydrogens is 285 g/mol. The van der Waals surface area contributed by atoms with E-state index in [-0.39, 0.29) is 6.10 Å². The van der Waals surface area contributed by atoms with E-state index in [2.05, 4.69) is 12.2 Å². The molecule has 1 N–H and O–H groups in total. The normalized spacial score (nSPS) is 12.5. The molecule has 0 aliphatic heterocycles. The summed E-state index contributed by atoms with van der Waals surface area (Å²) in [5.74, 6) is 0.679. The SMILES string of the molecule is CCCNCc1cc(Cl)cc(Cl)c1OCC(C)OC. The zero-order valence-electron chi connectivity index (χ0n) is 11.6. The zero-order valence-corrected chi connectivity index (χ0v) is 13.1. The maximum absolute atomic E-state index is 6.20. The lowest BCUT2D eigenvalue weighted by Crippen LogP contribution is -2.19. The molecule has 0 fully saturated rings. The zero-order chi connectivity index (χ0) is 14.3. The first-order chi connectivity index (χ1) is 9.08. The van der Waals surface area contributed by atoms with E-state index in [1.165, 1.54) is 0 Å². The number of hydrogen-bond donors (Lipinski definition) is 1. The van der Waals surface area contributed by atoms with Gasteiger partial charge in [0.1, 0.15) is 12.4 Å². The van der Waals surface area contributed by atoms with Gasteiger partial charge >= 0.3 is 0 Å². The van der Waals surface area contributed by atoms with Crippen LogP contribution in [0.15, 0.2) is 12.1 Å². The minimum absolute atomic E-state index is 0.0168. The molecule has 1 unspecified atom stereocenters. The lowest BCUT2D eigenvalue weighted by Gasteiger charge is -2.16. The summed E-state index contributed by atoms with van der Waals surface area (Å²) in [4.78, 5) is 0. The van der Waals surface area contributed by atoms with Crippen LogP contribution in [0.5, 0.6) is 5.75 Å². The van der Waals surface area contributed by atoms with Crippen molar-refractivity contribution in [1.29, 1.82) is 0 Å². The first-order valence-electron chi connectivity index (χ1n) is 6.42. The van der Waals surface area contributed by atoms with Crippen LogP contribution in [0.1, 0.15) is 25.8 Å². The highest BCUT2D eigenvalue weighted by Gasteiger charge is 2.12. The van der Waals surface area contributed by atoms with Gasteiger partial charge in [-0.3, -0.25) is 0 Å². The van der Waals surface area contributed by atoms with Gasteiger partial charge in [0.15, 0.2) is 0 Å². The van der Waals surface area contributed by atoms with Gasteiger partial charge in [0.05, 0.1) is 11.1 Å². The Kier molecular flexibility index (Phi) is 7.54. The van der Waals surface area contributed by atoms with Gasteiger partial charge in [-0.2, -0.15) is 0 Å². The van der Waals surface area contributed by atoms with Crippen LogP contribution in [0.4, 0.5) is 0 Å². The van der Waals surface area contributed by atoms with Crippen molar-refractivity contribution < 1.29 is 9.47 Å². The maximum Gasteiger partial charge on any atom is 0.142 e. The predicted octanol–water partition coefficient (Wildman–Crippen LogP) is 3.91. The van der Waals surface area contributed by atoms with E-state index in [4.69, 9.17) is 32.7 Å². The Labute approximate surface area is 125 Å². The molecule has 1 aromatic rings. The molecule has 0 saturated carbocycles. The van der Waals surface area contributed by atoms with Crippen molar-refractivity contribution in [1.82, 2.24) is 5.32 Å². The fraction of sp³-hybridized carbons (Fsp3) is 0.571. The van der Waals surface area contributed by atoms with E-state index in [0.717, 1.165) is 18.5 Å². The molecule has 0 spiro atoms. The molecule has 0 radical (unpaired) electrons. The van der Waals surface area contributed by atoms with Crippen molar-refractivity contribution >= 4 is 23.2 Å². The van der Waals surface area contributed by atoms with Crippen LogP contribution >= 0.6 is 23.2 Å². The third-order valence-corrected chi connectivity index (χ3v) is 3.19. The van der Waals surface area contributed by atoms with Crippen LogP contribution in [0.3, 0.4) is 0 Å². The van der Waals surface area contributed by atoms with Gasteiger partial charge in [0, 0.05) is 24.2 Å². The van der Waals surface area contributed by atoms with Crippen molar-refractivity contribution in [3.63, 3.8) is 0 Å². The summed E-state index contributed by atoms with van der Waals surface area (Å²) in [7, 11) is 1.65. The molecule has 0 heterocycles. The van der Waals surface area contributed by atoms with Gasteiger partial charge in [-0.05, 0) is 32.0 Å². The van der Waals surface area contributed by atoms with Gasteiger partial charge in [0.2, 0.25) is 0 Å². The minimum atomic E-state index is 0.0168. The van der Waals surface area contributed by atoms with Crippen molar-refractivity contribution in [2.24, 2.45) is 0 Å². The number of nitrogens with one attached hydrogen (secondary N) is 1. The number of methoxy groups -OCH3 is 1. The fourth-order valence-electron chi connectivity index (χ4n) is 1.58. The van der Waals surface area contributed by atoms with E-state index in [9.17, 15) is 0 Å². The lowest BCUT2D eigenvalue weighted by atomic mass is 10.2. The molecule has 5 heteroatoms. The second-order valence-corrected chi connectivity index (χ2v) is 5.25. The first kappa shape index (κ1) is 16.6. The first-order valence-corrected chi connectivity index (χ1v) is 7.18. The molecule has 108 valence electrons. The van der Waals surface area contributed by atoms with Gasteiger partial charge < -0.3 is 14.8 Å². The highest BCUT2D eigenvalue weighted by molar-refractivity contribution is 6.35. The number of halogens is 2. The van der Waals surface area contributed by atoms with E-state index >= 15 is 0 Å². The van der Waals surface area contributed by atoms with E-state index in [1.54, 1.807) is 13.2 Å². The largest absolute Gasteiger partial charge is 0.489 e. The summed E-state index contributed by atoms with van der Waals surface area (Å²) in [6, 6.07) is 3.57. The number of ether oxygens (including phenoxy) is 2. The minimum Gasteiger partial charge on any atom is -0.489 e. The number of hydrogen-bond acceptors (Lipinski definition) is 3. The highest BCUT2D eigenvalue weighted by atomic mass is 35.5. The van der Waals surface area contributed by atoms with E-state index in [0.29, 0.717) is 28.9 Å². The van der Waals surface area contributed by atoms with Crippen LogP contribution in [-0.4, -0.2) is 26.4 Å². The summed E-state index contributed by atoms with van der Waals surface area (Å²) in [6.07, 6.45) is 1.09. The van der Waals surface area contributed by atoms with E-state index < -0.39 is 0 Å². The third kappa shape index (κ3) is 5.57. The highest BCUT2D eigenvalue weighted by Crippen LogP contribution is 2.32. The van der Waals surface area contributed by atoms with Gasteiger partial charge in [-0.25, -0.2) is 0 Å². The summed E-state index contributed by atoms with van der Waals surface area (Å²) in [6.45, 7) is 6.15.